The van der Waals surface area contributed by atoms with Crippen LogP contribution in [-0.2, 0) is 0 Å². The van der Waals surface area contributed by atoms with Gasteiger partial charge in [-0.05, 0) is 47.6 Å². The molecule has 1 N–H and O–H groups in total. The van der Waals surface area contributed by atoms with E-state index >= 15 is 0 Å². The van der Waals surface area contributed by atoms with Gasteiger partial charge in [0.15, 0.2) is 0 Å². The van der Waals surface area contributed by atoms with Gasteiger partial charge in [0.25, 0.3) is 0 Å². The van der Waals surface area contributed by atoms with E-state index in [0.29, 0.717) is 24.2 Å². The van der Waals surface area contributed by atoms with Crippen LogP contribution in [0.1, 0.15) is 40.5 Å². The molecule has 2 rings (SSSR count). The fourth-order valence-corrected chi connectivity index (χ4v) is 3.89. The number of nitrogens with zero attached hydrogens (tertiary/aromatic N) is 3. The zero-order chi connectivity index (χ0) is 15.4. The predicted octanol–water partition coefficient (Wildman–Crippen LogP) is 1.47. The molecular formula is C17H36N4. The molecule has 0 radical (unpaired) electrons. The predicted molar refractivity (Wildman–Crippen MR) is 90.9 cm³/mol. The molecule has 2 aliphatic heterocycles. The van der Waals surface area contributed by atoms with Crippen LogP contribution >= 0.6 is 0 Å². The maximum absolute atomic E-state index is 3.71. The second kappa shape index (κ2) is 7.91. The third kappa shape index (κ3) is 4.92. The molecule has 2 heterocycles. The Labute approximate surface area is 131 Å². The van der Waals surface area contributed by atoms with Crippen LogP contribution in [0.5, 0.6) is 0 Å². The summed E-state index contributed by atoms with van der Waals surface area (Å²) < 4.78 is 0. The molecule has 2 aliphatic rings. The Morgan fingerprint density at radius 2 is 1.29 bits per heavy atom. The van der Waals surface area contributed by atoms with Crippen molar-refractivity contribution < 1.29 is 0 Å². The van der Waals surface area contributed by atoms with Crippen LogP contribution in [0.3, 0.4) is 0 Å². The molecule has 2 bridgehead atoms. The normalized spacial score (nSPS) is 44.4. The van der Waals surface area contributed by atoms with E-state index in [1.54, 1.807) is 0 Å². The smallest absolute Gasteiger partial charge is 0.0113 e. The van der Waals surface area contributed by atoms with E-state index in [4.69, 9.17) is 0 Å². The molecule has 4 nitrogen and oxygen atoms in total. The van der Waals surface area contributed by atoms with Crippen LogP contribution in [-0.4, -0.2) is 85.2 Å². The number of hydrogen-bond acceptors (Lipinski definition) is 4. The molecule has 124 valence electrons. The van der Waals surface area contributed by atoms with Gasteiger partial charge in [0.2, 0.25) is 0 Å². The lowest BCUT2D eigenvalue weighted by Gasteiger charge is -2.41. The lowest BCUT2D eigenvalue weighted by Crippen LogP contribution is -2.53. The van der Waals surface area contributed by atoms with Crippen molar-refractivity contribution in [2.45, 2.75) is 64.7 Å². The summed E-state index contributed by atoms with van der Waals surface area (Å²) in [5, 5.41) is 3.71. The zero-order valence-electron chi connectivity index (χ0n) is 14.8. The van der Waals surface area contributed by atoms with E-state index in [-0.39, 0.29) is 0 Å². The molecule has 2 saturated heterocycles. The van der Waals surface area contributed by atoms with Gasteiger partial charge in [-0.3, -0.25) is 9.80 Å². The van der Waals surface area contributed by atoms with Gasteiger partial charge in [-0.2, -0.15) is 0 Å². The summed E-state index contributed by atoms with van der Waals surface area (Å²) in [4.78, 5) is 7.95. The average molecular weight is 297 g/mol. The van der Waals surface area contributed by atoms with E-state index in [9.17, 15) is 0 Å². The quantitative estimate of drug-likeness (QED) is 0.731. The topological polar surface area (TPSA) is 21.8 Å². The molecule has 6 unspecified atom stereocenters. The Morgan fingerprint density at radius 1 is 0.714 bits per heavy atom. The van der Waals surface area contributed by atoms with Crippen molar-refractivity contribution in [1.29, 1.82) is 0 Å². The highest BCUT2D eigenvalue weighted by atomic mass is 15.3. The second-order valence-electron chi connectivity index (χ2n) is 7.43. The zero-order valence-corrected chi connectivity index (χ0v) is 14.8. The minimum atomic E-state index is 0.623. The molecule has 0 amide bonds. The van der Waals surface area contributed by atoms with Crippen LogP contribution in [0, 0.1) is 0 Å². The van der Waals surface area contributed by atoms with Gasteiger partial charge in [-0.15, -0.1) is 0 Å². The first-order chi connectivity index (χ1) is 9.97. The summed E-state index contributed by atoms with van der Waals surface area (Å²) in [6.07, 6.45) is 2.54. The van der Waals surface area contributed by atoms with Crippen molar-refractivity contribution in [3.05, 3.63) is 0 Å². The van der Waals surface area contributed by atoms with Crippen LogP contribution < -0.4 is 5.32 Å². The standard InChI is InChI=1S/C17H36N4/c1-14-12-16(3)21-9-8-19(5)15(2)13-17(4)20(10-11-21)7-6-18-14/h14-18H,6-13H2,1-5H3. The fraction of sp³-hybridized carbons (Fsp3) is 1.00. The summed E-state index contributed by atoms with van der Waals surface area (Å²) in [6, 6.07) is 2.64. The van der Waals surface area contributed by atoms with Crippen molar-refractivity contribution in [2.75, 3.05) is 46.3 Å². The Balaban J connectivity index is 2.13. The number of fused-ring (bicyclic) bond motifs is 3. The summed E-state index contributed by atoms with van der Waals surface area (Å²) >= 11 is 0. The number of hydrogen-bond donors (Lipinski definition) is 1. The minimum Gasteiger partial charge on any atom is -0.313 e. The first-order valence-electron chi connectivity index (χ1n) is 8.89. The number of rotatable bonds is 0. The third-order valence-corrected chi connectivity index (χ3v) is 5.68. The fourth-order valence-electron chi connectivity index (χ4n) is 3.89. The highest BCUT2D eigenvalue weighted by Crippen LogP contribution is 2.16. The van der Waals surface area contributed by atoms with Gasteiger partial charge in [-0.1, -0.05) is 0 Å². The highest BCUT2D eigenvalue weighted by Gasteiger charge is 2.25. The molecule has 0 aromatic heterocycles. The van der Waals surface area contributed by atoms with Crippen molar-refractivity contribution in [1.82, 2.24) is 20.0 Å². The van der Waals surface area contributed by atoms with Crippen LogP contribution in [0.2, 0.25) is 0 Å². The summed E-state index contributed by atoms with van der Waals surface area (Å²) in [5.74, 6) is 0. The average Bonchev–Trinajstić information content (AvgIpc) is 2.43. The van der Waals surface area contributed by atoms with Gasteiger partial charge in [0, 0.05) is 63.4 Å². The van der Waals surface area contributed by atoms with Gasteiger partial charge < -0.3 is 10.2 Å². The van der Waals surface area contributed by atoms with Crippen LogP contribution in [0.4, 0.5) is 0 Å². The molecule has 0 spiro atoms. The molecule has 0 aromatic rings. The number of nitrogens with one attached hydrogen (secondary N) is 1. The molecule has 2 fully saturated rings. The highest BCUT2D eigenvalue weighted by molar-refractivity contribution is 4.82. The molecule has 0 aromatic carbocycles. The van der Waals surface area contributed by atoms with Crippen molar-refractivity contribution in [3.8, 4) is 0 Å². The van der Waals surface area contributed by atoms with E-state index in [0.717, 1.165) is 6.54 Å². The minimum absolute atomic E-state index is 0.623. The molecule has 0 aliphatic carbocycles. The Kier molecular flexibility index (Phi) is 6.48. The van der Waals surface area contributed by atoms with E-state index in [1.165, 1.54) is 45.6 Å². The van der Waals surface area contributed by atoms with Crippen molar-refractivity contribution in [3.63, 3.8) is 0 Å². The van der Waals surface area contributed by atoms with Crippen LogP contribution in [0.15, 0.2) is 0 Å². The molecule has 4 heteroatoms. The second-order valence-corrected chi connectivity index (χ2v) is 7.43. The van der Waals surface area contributed by atoms with E-state index in [2.05, 4.69) is 54.8 Å². The van der Waals surface area contributed by atoms with Gasteiger partial charge in [0.1, 0.15) is 0 Å². The Morgan fingerprint density at radius 3 is 2.00 bits per heavy atom. The maximum atomic E-state index is 3.71. The van der Waals surface area contributed by atoms with Gasteiger partial charge >= 0.3 is 0 Å². The first kappa shape index (κ1) is 17.2. The number of likely N-dealkylation sites (N-methyl/N-ethyl adjacent to an activating group) is 1. The van der Waals surface area contributed by atoms with Gasteiger partial charge in [-0.25, -0.2) is 0 Å². The SMILES string of the molecule is CC1CC(C)N2CCN(C)C(C)CC(C)N(CCN1)CC2. The summed E-state index contributed by atoms with van der Waals surface area (Å²) in [7, 11) is 2.29. The third-order valence-electron chi connectivity index (χ3n) is 5.68. The lowest BCUT2D eigenvalue weighted by molar-refractivity contribution is 0.0792. The van der Waals surface area contributed by atoms with Gasteiger partial charge in [0.05, 0.1) is 0 Å². The van der Waals surface area contributed by atoms with Crippen LogP contribution in [0.25, 0.3) is 0 Å². The molecule has 6 atom stereocenters. The summed E-state index contributed by atoms with van der Waals surface area (Å²) in [6.45, 7) is 16.7. The lowest BCUT2D eigenvalue weighted by atomic mass is 10.0. The maximum Gasteiger partial charge on any atom is 0.0113 e. The van der Waals surface area contributed by atoms with E-state index in [1.807, 2.05) is 0 Å². The van der Waals surface area contributed by atoms with Crippen molar-refractivity contribution >= 4 is 0 Å². The largest absolute Gasteiger partial charge is 0.313 e. The molecular weight excluding hydrogens is 260 g/mol. The summed E-state index contributed by atoms with van der Waals surface area (Å²) in [5.41, 5.74) is 0. The first-order valence-corrected chi connectivity index (χ1v) is 8.89. The van der Waals surface area contributed by atoms with Crippen molar-refractivity contribution in [2.24, 2.45) is 0 Å². The molecule has 0 saturated carbocycles. The monoisotopic (exact) mass is 296 g/mol. The van der Waals surface area contributed by atoms with E-state index < -0.39 is 0 Å². The Hall–Kier alpha value is -0.160. The Bertz CT molecular complexity index is 309. The molecule has 21 heavy (non-hydrogen) atoms.